The number of hydrogen-bond acceptors (Lipinski definition) is 3. The van der Waals surface area contributed by atoms with Gasteiger partial charge >= 0.3 is 0 Å². The molecule has 2 aromatic carbocycles. The average Bonchev–Trinajstić information content (AvgIpc) is 3.36. The van der Waals surface area contributed by atoms with Crippen LogP contribution in [0.5, 0.6) is 11.5 Å². The molecule has 2 aliphatic rings. The second kappa shape index (κ2) is 6.35. The summed E-state index contributed by atoms with van der Waals surface area (Å²) in [6.07, 6.45) is 2.06. The predicted molar refractivity (Wildman–Crippen MR) is 101 cm³/mol. The minimum absolute atomic E-state index is 0.0727. The molecule has 0 spiro atoms. The van der Waals surface area contributed by atoms with Gasteiger partial charge in [0.1, 0.15) is 0 Å². The lowest BCUT2D eigenvalue weighted by Crippen LogP contribution is -2.42. The summed E-state index contributed by atoms with van der Waals surface area (Å²) < 4.78 is 13.0. The minimum atomic E-state index is -0.147. The number of benzene rings is 2. The first-order valence-corrected chi connectivity index (χ1v) is 9.20. The number of carbonyl (C=O) groups excluding carboxylic acids is 1. The largest absolute Gasteiger partial charge is 0.454 e. The fraction of sp³-hybridized carbons (Fsp3) is 0.190. The number of halogens is 1. The number of aromatic nitrogens is 1. The number of amides is 1. The Hall–Kier alpha value is -2.92. The third kappa shape index (κ3) is 2.66. The zero-order valence-electron chi connectivity index (χ0n) is 14.5. The van der Waals surface area contributed by atoms with Crippen LogP contribution in [0.2, 0.25) is 5.02 Å². The Morgan fingerprint density at radius 2 is 1.89 bits per heavy atom. The van der Waals surface area contributed by atoms with Crippen LogP contribution in [0.25, 0.3) is 0 Å². The topological polar surface area (TPSA) is 43.7 Å². The Labute approximate surface area is 161 Å². The predicted octanol–water partition coefficient (Wildman–Crippen LogP) is 4.12. The van der Waals surface area contributed by atoms with E-state index in [1.165, 1.54) is 0 Å². The summed E-state index contributed by atoms with van der Waals surface area (Å²) in [5.74, 6) is 0.944. The van der Waals surface area contributed by atoms with E-state index < -0.39 is 0 Å². The number of fused-ring (bicyclic) bond motifs is 2. The molecule has 3 aromatic rings. The van der Waals surface area contributed by atoms with Gasteiger partial charge in [0, 0.05) is 30.5 Å². The quantitative estimate of drug-likeness (QED) is 0.671. The summed E-state index contributed by atoms with van der Waals surface area (Å²) in [4.78, 5) is 15.3. The smallest absolute Gasteiger partial charge is 0.254 e. The van der Waals surface area contributed by atoms with Crippen LogP contribution in [-0.2, 0) is 6.54 Å². The van der Waals surface area contributed by atoms with Crippen molar-refractivity contribution in [2.75, 3.05) is 13.3 Å². The van der Waals surface area contributed by atoms with Gasteiger partial charge in [-0.3, -0.25) is 4.79 Å². The molecule has 1 aromatic heterocycles. The molecular weight excluding hydrogens is 364 g/mol. The molecule has 0 N–H and O–H groups in total. The molecule has 0 radical (unpaired) electrons. The van der Waals surface area contributed by atoms with Crippen molar-refractivity contribution in [3.05, 3.63) is 82.6 Å². The standard InChI is InChI=1S/C21H17ClN2O3/c22-16-11-15(12-18-20(16)27-13-26-18)21(25)24-10-9-23-8-4-7-17(23)19(24)14-5-2-1-3-6-14/h1-8,11-12,19H,9-10,13H2/t19-/m1/s1. The van der Waals surface area contributed by atoms with Crippen molar-refractivity contribution in [3.63, 3.8) is 0 Å². The van der Waals surface area contributed by atoms with Crippen LogP contribution >= 0.6 is 11.6 Å². The van der Waals surface area contributed by atoms with Crippen molar-refractivity contribution >= 4 is 17.5 Å². The maximum absolute atomic E-state index is 13.4. The molecule has 0 saturated heterocycles. The number of hydrogen-bond donors (Lipinski definition) is 0. The highest BCUT2D eigenvalue weighted by Gasteiger charge is 2.33. The lowest BCUT2D eigenvalue weighted by molar-refractivity contribution is 0.0663. The molecule has 1 atom stereocenters. The molecule has 6 heteroatoms. The van der Waals surface area contributed by atoms with E-state index in [1.54, 1.807) is 12.1 Å². The monoisotopic (exact) mass is 380 g/mol. The van der Waals surface area contributed by atoms with E-state index in [-0.39, 0.29) is 18.7 Å². The average molecular weight is 381 g/mol. The highest BCUT2D eigenvalue weighted by molar-refractivity contribution is 6.32. The third-order valence-corrected chi connectivity index (χ3v) is 5.37. The first-order valence-electron chi connectivity index (χ1n) is 8.82. The maximum atomic E-state index is 13.4. The highest BCUT2D eigenvalue weighted by Crippen LogP contribution is 2.41. The Kier molecular flexibility index (Phi) is 3.83. The van der Waals surface area contributed by atoms with Gasteiger partial charge in [-0.1, -0.05) is 41.9 Å². The second-order valence-corrected chi connectivity index (χ2v) is 7.04. The molecule has 0 aliphatic carbocycles. The van der Waals surface area contributed by atoms with Crippen LogP contribution in [0, 0.1) is 0 Å². The molecule has 0 unspecified atom stereocenters. The number of nitrogens with zero attached hydrogens (tertiary/aromatic N) is 2. The summed E-state index contributed by atoms with van der Waals surface area (Å²) in [5.41, 5.74) is 2.69. The number of carbonyl (C=O) groups is 1. The Balaban J connectivity index is 1.57. The minimum Gasteiger partial charge on any atom is -0.454 e. The van der Waals surface area contributed by atoms with Crippen molar-refractivity contribution in [1.82, 2.24) is 9.47 Å². The van der Waals surface area contributed by atoms with Crippen molar-refractivity contribution in [2.45, 2.75) is 12.6 Å². The lowest BCUT2D eigenvalue weighted by atomic mass is 9.99. The van der Waals surface area contributed by atoms with Crippen molar-refractivity contribution < 1.29 is 14.3 Å². The van der Waals surface area contributed by atoms with E-state index in [2.05, 4.69) is 29.0 Å². The fourth-order valence-corrected chi connectivity index (χ4v) is 4.11. The van der Waals surface area contributed by atoms with E-state index >= 15 is 0 Å². The van der Waals surface area contributed by atoms with Gasteiger partial charge in [-0.2, -0.15) is 0 Å². The van der Waals surface area contributed by atoms with E-state index in [1.807, 2.05) is 29.2 Å². The fourth-order valence-electron chi connectivity index (χ4n) is 3.84. The van der Waals surface area contributed by atoms with Crippen molar-refractivity contribution in [3.8, 4) is 11.5 Å². The maximum Gasteiger partial charge on any atom is 0.254 e. The Morgan fingerprint density at radius 1 is 1.04 bits per heavy atom. The van der Waals surface area contributed by atoms with Crippen LogP contribution in [0.4, 0.5) is 0 Å². The first-order chi connectivity index (χ1) is 13.2. The summed E-state index contributed by atoms with van der Waals surface area (Å²) in [6.45, 7) is 1.50. The molecule has 0 saturated carbocycles. The molecule has 1 amide bonds. The van der Waals surface area contributed by atoms with Gasteiger partial charge in [0.25, 0.3) is 5.91 Å². The summed E-state index contributed by atoms with van der Waals surface area (Å²) >= 11 is 6.29. The summed E-state index contributed by atoms with van der Waals surface area (Å²) in [7, 11) is 0. The van der Waals surface area contributed by atoms with Gasteiger partial charge in [-0.15, -0.1) is 0 Å². The molecular formula is C21H17ClN2O3. The molecule has 0 bridgehead atoms. The SMILES string of the molecule is O=C(c1cc(Cl)c2c(c1)OCO2)N1CCn2cccc2[C@H]1c1ccccc1. The first kappa shape index (κ1) is 16.3. The zero-order valence-corrected chi connectivity index (χ0v) is 15.2. The highest BCUT2D eigenvalue weighted by atomic mass is 35.5. The molecule has 27 heavy (non-hydrogen) atoms. The molecule has 3 heterocycles. The van der Waals surface area contributed by atoms with E-state index in [0.29, 0.717) is 28.6 Å². The number of rotatable bonds is 2. The van der Waals surface area contributed by atoms with Gasteiger partial charge in [0.2, 0.25) is 6.79 Å². The van der Waals surface area contributed by atoms with Gasteiger partial charge in [-0.25, -0.2) is 0 Å². The van der Waals surface area contributed by atoms with Crippen LogP contribution in [0.3, 0.4) is 0 Å². The van der Waals surface area contributed by atoms with Crippen LogP contribution < -0.4 is 9.47 Å². The molecule has 5 rings (SSSR count). The van der Waals surface area contributed by atoms with Gasteiger partial charge in [-0.05, 0) is 29.8 Å². The lowest BCUT2D eigenvalue weighted by Gasteiger charge is -2.37. The van der Waals surface area contributed by atoms with E-state index in [4.69, 9.17) is 21.1 Å². The van der Waals surface area contributed by atoms with Crippen molar-refractivity contribution in [2.24, 2.45) is 0 Å². The van der Waals surface area contributed by atoms with Crippen LogP contribution in [0.15, 0.2) is 60.8 Å². The van der Waals surface area contributed by atoms with Gasteiger partial charge < -0.3 is 18.9 Å². The zero-order chi connectivity index (χ0) is 18.4. The second-order valence-electron chi connectivity index (χ2n) is 6.63. The normalized spacial score (nSPS) is 17.7. The molecule has 5 nitrogen and oxygen atoms in total. The van der Waals surface area contributed by atoms with Gasteiger partial charge in [0.15, 0.2) is 11.5 Å². The van der Waals surface area contributed by atoms with E-state index in [0.717, 1.165) is 17.8 Å². The number of ether oxygens (including phenoxy) is 2. The Morgan fingerprint density at radius 3 is 2.74 bits per heavy atom. The van der Waals surface area contributed by atoms with Crippen LogP contribution in [0.1, 0.15) is 27.7 Å². The Bertz CT molecular complexity index is 1020. The molecule has 2 aliphatic heterocycles. The van der Waals surface area contributed by atoms with E-state index in [9.17, 15) is 4.79 Å². The summed E-state index contributed by atoms with van der Waals surface area (Å²) in [6, 6.07) is 17.4. The summed E-state index contributed by atoms with van der Waals surface area (Å²) in [5, 5.41) is 0.394. The van der Waals surface area contributed by atoms with Crippen LogP contribution in [-0.4, -0.2) is 28.7 Å². The third-order valence-electron chi connectivity index (χ3n) is 5.09. The molecule has 0 fully saturated rings. The molecule has 136 valence electrons. The van der Waals surface area contributed by atoms with Crippen molar-refractivity contribution in [1.29, 1.82) is 0 Å². The van der Waals surface area contributed by atoms with Gasteiger partial charge in [0.05, 0.1) is 11.1 Å².